The second kappa shape index (κ2) is 8.28. The Hall–Kier alpha value is -3.93. The average Bonchev–Trinajstić information content (AvgIpc) is 3.64. The Kier molecular flexibility index (Phi) is 5.13. The van der Waals surface area contributed by atoms with E-state index in [0.717, 1.165) is 18.4 Å². The van der Waals surface area contributed by atoms with Crippen molar-refractivity contribution in [1.29, 1.82) is 4.78 Å². The standard InChI is InChI=1S/C27H22F3N5O3S/c1-34-20-10-17(23-15(26(34)36)3-2-4-21(23)38-27(29)30)24-19-9-16(18(28)12-35(19)33-25(20)24)13-5-8-22(32-11-13)39(31,37)14-6-7-14/h2-5,8-9,11-12,14,17,20,27,31H,6-7,10H2,1H3/t17-,20-,39+/m1/s1. The molecule has 0 unspecified atom stereocenters. The molecule has 3 aliphatic rings. The Morgan fingerprint density at radius 1 is 1.15 bits per heavy atom. The summed E-state index contributed by atoms with van der Waals surface area (Å²) < 4.78 is 69.2. The highest BCUT2D eigenvalue weighted by atomic mass is 32.2. The molecule has 0 radical (unpaired) electrons. The van der Waals surface area contributed by atoms with E-state index < -0.39 is 34.1 Å². The zero-order valence-electron chi connectivity index (χ0n) is 20.6. The van der Waals surface area contributed by atoms with Gasteiger partial charge in [-0.3, -0.25) is 4.79 Å². The van der Waals surface area contributed by atoms with Gasteiger partial charge in [0.2, 0.25) is 0 Å². The van der Waals surface area contributed by atoms with Crippen LogP contribution in [0.4, 0.5) is 13.2 Å². The van der Waals surface area contributed by atoms with Crippen molar-refractivity contribution in [2.24, 2.45) is 0 Å². The minimum absolute atomic E-state index is 0.0705. The number of carbonyl (C=O) groups is 1. The van der Waals surface area contributed by atoms with Crippen LogP contribution in [-0.2, 0) is 9.73 Å². The number of nitrogens with zero attached hydrogens (tertiary/aromatic N) is 4. The molecular weight excluding hydrogens is 531 g/mol. The molecule has 200 valence electrons. The second-order valence-electron chi connectivity index (χ2n) is 10.2. The lowest BCUT2D eigenvalue weighted by molar-refractivity contribution is -0.0505. The Labute approximate surface area is 221 Å². The first-order valence-electron chi connectivity index (χ1n) is 12.5. The topological polar surface area (TPSA) is 101 Å². The van der Waals surface area contributed by atoms with Crippen LogP contribution in [-0.4, -0.2) is 48.5 Å². The van der Waals surface area contributed by atoms with Crippen molar-refractivity contribution in [3.63, 3.8) is 0 Å². The van der Waals surface area contributed by atoms with Crippen LogP contribution in [0.2, 0.25) is 0 Å². The highest BCUT2D eigenvalue weighted by Crippen LogP contribution is 2.53. The van der Waals surface area contributed by atoms with Crippen LogP contribution in [0.25, 0.3) is 16.6 Å². The van der Waals surface area contributed by atoms with E-state index in [2.05, 4.69) is 10.1 Å². The highest BCUT2D eigenvalue weighted by molar-refractivity contribution is 7.93. The molecule has 12 heteroatoms. The Morgan fingerprint density at radius 2 is 1.95 bits per heavy atom. The summed E-state index contributed by atoms with van der Waals surface area (Å²) in [5.41, 5.74) is 3.19. The quantitative estimate of drug-likeness (QED) is 0.358. The number of alkyl halides is 2. The number of nitrogens with one attached hydrogen (secondary N) is 1. The molecule has 0 saturated heterocycles. The van der Waals surface area contributed by atoms with E-state index in [4.69, 9.17) is 9.52 Å². The van der Waals surface area contributed by atoms with Crippen molar-refractivity contribution in [2.45, 2.75) is 48.1 Å². The first kappa shape index (κ1) is 24.1. The summed E-state index contributed by atoms with van der Waals surface area (Å²) in [5, 5.41) is 4.61. The predicted octanol–water partition coefficient (Wildman–Crippen LogP) is 5.37. The number of carbonyl (C=O) groups excluding carboxylic acids is 1. The van der Waals surface area contributed by atoms with Crippen LogP contribution in [0.15, 0.2) is 53.8 Å². The van der Waals surface area contributed by atoms with E-state index in [1.165, 1.54) is 35.1 Å². The molecule has 4 heterocycles. The van der Waals surface area contributed by atoms with Gasteiger partial charge in [0.25, 0.3) is 5.91 Å². The maximum atomic E-state index is 15.3. The lowest BCUT2D eigenvalue weighted by atomic mass is 9.88. The van der Waals surface area contributed by atoms with Gasteiger partial charge in [0.1, 0.15) is 16.6 Å². The molecule has 1 aromatic carbocycles. The smallest absolute Gasteiger partial charge is 0.387 e. The molecule has 2 aliphatic carbocycles. The Morgan fingerprint density at radius 3 is 2.64 bits per heavy atom. The maximum absolute atomic E-state index is 15.3. The molecule has 3 aromatic heterocycles. The molecular formula is C27H22F3N5O3S. The van der Waals surface area contributed by atoms with E-state index in [1.807, 2.05) is 0 Å². The largest absolute Gasteiger partial charge is 0.434 e. The zero-order chi connectivity index (χ0) is 27.2. The molecule has 1 amide bonds. The molecule has 39 heavy (non-hydrogen) atoms. The molecule has 2 bridgehead atoms. The number of aromatic nitrogens is 3. The van der Waals surface area contributed by atoms with Gasteiger partial charge in [0.15, 0.2) is 0 Å². The number of halogens is 3. The van der Waals surface area contributed by atoms with E-state index in [9.17, 15) is 17.8 Å². The molecule has 1 aliphatic heterocycles. The number of hydrogen-bond acceptors (Lipinski definition) is 6. The summed E-state index contributed by atoms with van der Waals surface area (Å²) in [6, 6.07) is 8.85. The van der Waals surface area contributed by atoms with Gasteiger partial charge in [0.05, 0.1) is 33.2 Å². The third-order valence-corrected chi connectivity index (χ3v) is 10.2. The fraction of sp³-hybridized carbons (Fsp3) is 0.296. The molecule has 8 nitrogen and oxygen atoms in total. The molecule has 3 atom stereocenters. The molecule has 0 spiro atoms. The molecule has 7 rings (SSSR count). The van der Waals surface area contributed by atoms with Gasteiger partial charge in [-0.25, -0.2) is 22.9 Å². The van der Waals surface area contributed by atoms with E-state index in [-0.39, 0.29) is 33.1 Å². The van der Waals surface area contributed by atoms with E-state index in [1.54, 1.807) is 30.1 Å². The maximum Gasteiger partial charge on any atom is 0.387 e. The third-order valence-electron chi connectivity index (χ3n) is 7.91. The van der Waals surface area contributed by atoms with Crippen LogP contribution >= 0.6 is 0 Å². The van der Waals surface area contributed by atoms with Crippen LogP contribution in [0, 0.1) is 10.6 Å². The van der Waals surface area contributed by atoms with Gasteiger partial charge in [-0.1, -0.05) is 6.07 Å². The number of benzene rings is 1. The van der Waals surface area contributed by atoms with Gasteiger partial charge in [-0.05, 0) is 49.6 Å². The molecule has 1 saturated carbocycles. The number of rotatable bonds is 5. The summed E-state index contributed by atoms with van der Waals surface area (Å²) in [7, 11) is -1.35. The lowest BCUT2D eigenvalue weighted by Crippen LogP contribution is -2.30. The van der Waals surface area contributed by atoms with Crippen LogP contribution in [0.1, 0.15) is 58.4 Å². The summed E-state index contributed by atoms with van der Waals surface area (Å²) >= 11 is 0. The van der Waals surface area contributed by atoms with Crippen molar-refractivity contribution in [3.8, 4) is 16.9 Å². The molecule has 1 fully saturated rings. The number of fused-ring (bicyclic) bond motifs is 9. The minimum atomic E-state index is -3.07. The normalized spacial score (nSPS) is 21.6. The van der Waals surface area contributed by atoms with Crippen molar-refractivity contribution in [3.05, 3.63) is 77.0 Å². The van der Waals surface area contributed by atoms with Gasteiger partial charge in [0, 0.05) is 52.2 Å². The first-order valence-corrected chi connectivity index (χ1v) is 14.1. The Balaban J connectivity index is 1.39. The third kappa shape index (κ3) is 3.57. The average molecular weight is 554 g/mol. The van der Waals surface area contributed by atoms with Crippen molar-refractivity contribution in [2.75, 3.05) is 7.05 Å². The van der Waals surface area contributed by atoms with Gasteiger partial charge in [-0.15, -0.1) is 0 Å². The highest BCUT2D eigenvalue weighted by Gasteiger charge is 2.46. The van der Waals surface area contributed by atoms with Crippen molar-refractivity contribution >= 4 is 21.2 Å². The number of pyridine rings is 2. The van der Waals surface area contributed by atoms with Gasteiger partial charge in [-0.2, -0.15) is 13.9 Å². The fourth-order valence-corrected chi connectivity index (χ4v) is 7.52. The Bertz CT molecular complexity index is 1780. The molecule has 1 N–H and O–H groups in total. The van der Waals surface area contributed by atoms with Gasteiger partial charge >= 0.3 is 6.61 Å². The minimum Gasteiger partial charge on any atom is -0.434 e. The zero-order valence-corrected chi connectivity index (χ0v) is 21.4. The first-order chi connectivity index (χ1) is 18.6. The second-order valence-corrected chi connectivity index (χ2v) is 12.5. The summed E-state index contributed by atoms with van der Waals surface area (Å²) in [6.07, 6.45) is 4.55. The lowest BCUT2D eigenvalue weighted by Gasteiger charge is -2.23. The number of amides is 1. The monoisotopic (exact) mass is 553 g/mol. The summed E-state index contributed by atoms with van der Waals surface area (Å²) in [4.78, 5) is 19.1. The summed E-state index contributed by atoms with van der Waals surface area (Å²) in [6.45, 7) is -3.07. The van der Waals surface area contributed by atoms with Crippen LogP contribution in [0.5, 0.6) is 5.75 Å². The van der Waals surface area contributed by atoms with Gasteiger partial charge < -0.3 is 9.64 Å². The van der Waals surface area contributed by atoms with Crippen LogP contribution < -0.4 is 4.74 Å². The number of ether oxygens (including phenoxy) is 1. The van der Waals surface area contributed by atoms with Crippen molar-refractivity contribution in [1.82, 2.24) is 19.5 Å². The number of hydrogen-bond donors (Lipinski definition) is 1. The SMILES string of the molecule is CN1C(=O)c2cccc(OC(F)F)c2[C@H]2C[C@@H]1c1nn3cc(F)c(-c4ccc([S@@](=N)(=O)C5CC5)nc4)cc3c12. The van der Waals surface area contributed by atoms with Crippen LogP contribution in [0.3, 0.4) is 0 Å². The van der Waals surface area contributed by atoms with Crippen molar-refractivity contribution < 1.29 is 26.9 Å². The predicted molar refractivity (Wildman–Crippen MR) is 135 cm³/mol. The van der Waals surface area contributed by atoms with E-state index >= 15 is 4.39 Å². The fourth-order valence-electron chi connectivity index (χ4n) is 5.89. The summed E-state index contributed by atoms with van der Waals surface area (Å²) in [5.74, 6) is -1.44. The molecule has 4 aromatic rings. The van der Waals surface area contributed by atoms with E-state index in [0.29, 0.717) is 28.8 Å².